The van der Waals surface area contributed by atoms with Crippen LogP contribution in [0.5, 0.6) is 5.75 Å². The first kappa shape index (κ1) is 17.6. The number of benzene rings is 2. The maximum absolute atomic E-state index is 11.2. The average Bonchev–Trinajstić information content (AvgIpc) is 2.55. The number of halogens is 1. The Morgan fingerprint density at radius 1 is 1.38 bits per heavy atom. The van der Waals surface area contributed by atoms with Crippen LogP contribution >= 0.6 is 11.6 Å². The summed E-state index contributed by atoms with van der Waals surface area (Å²) in [5.41, 5.74) is 6.99. The van der Waals surface area contributed by atoms with Crippen LogP contribution in [0.25, 0.3) is 0 Å². The van der Waals surface area contributed by atoms with Gasteiger partial charge in [0.1, 0.15) is 5.75 Å². The number of carbonyl (C=O) groups is 1. The maximum Gasteiger partial charge on any atom is 0.275 e. The van der Waals surface area contributed by atoms with E-state index in [0.29, 0.717) is 22.0 Å². The number of amides is 1. The number of nitrogens with one attached hydrogen (secondary N) is 1. The molecule has 0 atom stereocenters. The monoisotopic (exact) mass is 349 g/mol. The number of nitrogens with zero attached hydrogens (tertiary/aromatic N) is 1. The molecule has 0 bridgehead atoms. The second-order valence-electron chi connectivity index (χ2n) is 5.12. The molecule has 0 saturated heterocycles. The highest BCUT2D eigenvalue weighted by Crippen LogP contribution is 2.32. The third-order valence-corrected chi connectivity index (χ3v) is 3.92. The Morgan fingerprint density at radius 3 is 2.67 bits per heavy atom. The number of rotatable bonds is 6. The molecule has 0 aliphatic carbocycles. The summed E-state index contributed by atoms with van der Waals surface area (Å²) in [7, 11) is 1.51. The second-order valence-corrected chi connectivity index (χ2v) is 5.53. The molecule has 126 valence electrons. The van der Waals surface area contributed by atoms with Crippen LogP contribution in [0.3, 0.4) is 0 Å². The van der Waals surface area contributed by atoms with E-state index in [1.54, 1.807) is 12.1 Å². The Morgan fingerprint density at radius 2 is 2.08 bits per heavy atom. The third kappa shape index (κ3) is 3.75. The molecule has 0 heterocycles. The maximum atomic E-state index is 11.2. The largest absolute Gasteiger partial charge is 0.495 e. The quantitative estimate of drug-likeness (QED) is 0.614. The molecule has 0 aliphatic rings. The molecule has 0 saturated carbocycles. The van der Waals surface area contributed by atoms with Gasteiger partial charge in [-0.15, -0.1) is 0 Å². The standard InChI is InChI=1S/C16H16ClN3O4/c1-9-5-13(15(24-2)7-12(9)17)19-8-11-4-3-10(16(18)21)6-14(11)20(22)23/h3-7,19H,8H2,1-2H3,(H2,18,21). The summed E-state index contributed by atoms with van der Waals surface area (Å²) >= 11 is 6.05. The highest BCUT2D eigenvalue weighted by atomic mass is 35.5. The van der Waals surface area contributed by atoms with Gasteiger partial charge >= 0.3 is 0 Å². The van der Waals surface area contributed by atoms with E-state index in [4.69, 9.17) is 22.1 Å². The van der Waals surface area contributed by atoms with E-state index in [2.05, 4.69) is 5.32 Å². The summed E-state index contributed by atoms with van der Waals surface area (Å²) in [6.07, 6.45) is 0. The Bertz CT molecular complexity index is 808. The number of hydrogen-bond donors (Lipinski definition) is 2. The summed E-state index contributed by atoms with van der Waals surface area (Å²) in [6, 6.07) is 7.59. The summed E-state index contributed by atoms with van der Waals surface area (Å²) in [4.78, 5) is 21.8. The van der Waals surface area contributed by atoms with Crippen molar-refractivity contribution in [2.45, 2.75) is 13.5 Å². The van der Waals surface area contributed by atoms with Crippen LogP contribution in [0.1, 0.15) is 21.5 Å². The number of carbonyl (C=O) groups excluding carboxylic acids is 1. The summed E-state index contributed by atoms with van der Waals surface area (Å²) in [6.45, 7) is 2.02. The lowest BCUT2D eigenvalue weighted by molar-refractivity contribution is -0.385. The topological polar surface area (TPSA) is 107 Å². The van der Waals surface area contributed by atoms with E-state index in [9.17, 15) is 14.9 Å². The number of methoxy groups -OCH3 is 1. The van der Waals surface area contributed by atoms with Gasteiger partial charge in [-0.25, -0.2) is 0 Å². The predicted molar refractivity (Wildman–Crippen MR) is 91.7 cm³/mol. The number of nitro benzene ring substituents is 1. The Balaban J connectivity index is 2.31. The van der Waals surface area contributed by atoms with Crippen molar-refractivity contribution in [1.82, 2.24) is 0 Å². The zero-order chi connectivity index (χ0) is 17.9. The molecule has 24 heavy (non-hydrogen) atoms. The van der Waals surface area contributed by atoms with Crippen LogP contribution in [0, 0.1) is 17.0 Å². The molecule has 0 spiro atoms. The van der Waals surface area contributed by atoms with E-state index in [1.165, 1.54) is 25.3 Å². The Kier molecular flexibility index (Phi) is 5.25. The van der Waals surface area contributed by atoms with Crippen LogP contribution in [-0.4, -0.2) is 17.9 Å². The first-order valence-electron chi connectivity index (χ1n) is 6.98. The van der Waals surface area contributed by atoms with Crippen molar-refractivity contribution in [3.8, 4) is 5.75 Å². The predicted octanol–water partition coefficient (Wildman–Crippen LogP) is 3.28. The molecule has 0 aromatic heterocycles. The molecule has 0 fully saturated rings. The number of anilines is 1. The van der Waals surface area contributed by atoms with Crippen molar-refractivity contribution in [2.75, 3.05) is 12.4 Å². The van der Waals surface area contributed by atoms with Crippen molar-refractivity contribution in [3.05, 3.63) is 62.2 Å². The normalized spacial score (nSPS) is 10.3. The van der Waals surface area contributed by atoms with Gasteiger partial charge in [0.15, 0.2) is 0 Å². The van der Waals surface area contributed by atoms with Gasteiger partial charge in [0.2, 0.25) is 5.91 Å². The zero-order valence-corrected chi connectivity index (χ0v) is 13.9. The van der Waals surface area contributed by atoms with Crippen molar-refractivity contribution in [1.29, 1.82) is 0 Å². The van der Waals surface area contributed by atoms with Gasteiger partial charge in [-0.3, -0.25) is 14.9 Å². The van der Waals surface area contributed by atoms with E-state index in [-0.39, 0.29) is 17.8 Å². The van der Waals surface area contributed by atoms with Crippen molar-refractivity contribution < 1.29 is 14.5 Å². The fourth-order valence-electron chi connectivity index (χ4n) is 2.20. The number of nitro groups is 1. The molecule has 0 aliphatic heterocycles. The van der Waals surface area contributed by atoms with Gasteiger partial charge < -0.3 is 15.8 Å². The Labute approximate surface area is 143 Å². The number of nitrogens with two attached hydrogens (primary N) is 1. The van der Waals surface area contributed by atoms with Crippen molar-refractivity contribution in [2.24, 2.45) is 5.73 Å². The zero-order valence-electron chi connectivity index (χ0n) is 13.1. The summed E-state index contributed by atoms with van der Waals surface area (Å²) in [5, 5.41) is 14.9. The molecule has 2 rings (SSSR count). The fourth-order valence-corrected chi connectivity index (χ4v) is 2.35. The lowest BCUT2D eigenvalue weighted by Crippen LogP contribution is -2.12. The van der Waals surface area contributed by atoms with E-state index >= 15 is 0 Å². The molecule has 7 nitrogen and oxygen atoms in total. The van der Waals surface area contributed by atoms with Crippen molar-refractivity contribution >= 4 is 28.9 Å². The summed E-state index contributed by atoms with van der Waals surface area (Å²) < 4.78 is 5.26. The second kappa shape index (κ2) is 7.18. The highest BCUT2D eigenvalue weighted by Gasteiger charge is 2.17. The molecule has 2 aromatic carbocycles. The van der Waals surface area contributed by atoms with Gasteiger partial charge in [0, 0.05) is 34.8 Å². The molecular formula is C16H16ClN3O4. The smallest absolute Gasteiger partial charge is 0.275 e. The fraction of sp³-hybridized carbons (Fsp3) is 0.188. The first-order valence-corrected chi connectivity index (χ1v) is 7.36. The molecular weight excluding hydrogens is 334 g/mol. The lowest BCUT2D eigenvalue weighted by atomic mass is 10.1. The molecule has 2 aromatic rings. The summed E-state index contributed by atoms with van der Waals surface area (Å²) in [5.74, 6) is -0.186. The third-order valence-electron chi connectivity index (χ3n) is 3.52. The van der Waals surface area contributed by atoms with Gasteiger partial charge in [-0.2, -0.15) is 0 Å². The minimum atomic E-state index is -0.715. The average molecular weight is 350 g/mol. The molecule has 0 radical (unpaired) electrons. The molecule has 3 N–H and O–H groups in total. The van der Waals surface area contributed by atoms with Gasteiger partial charge in [0.05, 0.1) is 17.7 Å². The van der Waals surface area contributed by atoms with E-state index < -0.39 is 10.8 Å². The van der Waals surface area contributed by atoms with Crippen LogP contribution in [0.4, 0.5) is 11.4 Å². The van der Waals surface area contributed by atoms with Crippen LogP contribution in [-0.2, 0) is 6.54 Å². The van der Waals surface area contributed by atoms with Crippen molar-refractivity contribution in [3.63, 3.8) is 0 Å². The SMILES string of the molecule is COc1cc(Cl)c(C)cc1NCc1ccc(C(N)=O)cc1[N+](=O)[O-]. The Hall–Kier alpha value is -2.80. The minimum absolute atomic E-state index is 0.0883. The molecule has 1 amide bonds. The number of primary amides is 1. The van der Waals surface area contributed by atoms with Gasteiger partial charge in [0.25, 0.3) is 5.69 Å². The number of aryl methyl sites for hydroxylation is 1. The van der Waals surface area contributed by atoms with E-state index in [0.717, 1.165) is 5.56 Å². The number of ether oxygens (including phenoxy) is 1. The van der Waals surface area contributed by atoms with Crippen LogP contribution in [0.2, 0.25) is 5.02 Å². The first-order chi connectivity index (χ1) is 11.3. The van der Waals surface area contributed by atoms with Crippen LogP contribution in [0.15, 0.2) is 30.3 Å². The minimum Gasteiger partial charge on any atom is -0.495 e. The van der Waals surface area contributed by atoms with Crippen LogP contribution < -0.4 is 15.8 Å². The molecule has 8 heteroatoms. The van der Waals surface area contributed by atoms with Gasteiger partial charge in [-0.05, 0) is 30.7 Å². The van der Waals surface area contributed by atoms with Gasteiger partial charge in [-0.1, -0.05) is 11.6 Å². The van der Waals surface area contributed by atoms with E-state index in [1.807, 2.05) is 6.92 Å². The lowest BCUT2D eigenvalue weighted by Gasteiger charge is -2.13. The highest BCUT2D eigenvalue weighted by molar-refractivity contribution is 6.31. The number of hydrogen-bond acceptors (Lipinski definition) is 5. The molecule has 0 unspecified atom stereocenters.